The Labute approximate surface area is 161 Å². The van der Waals surface area contributed by atoms with Gasteiger partial charge < -0.3 is 9.80 Å². The molecule has 158 valence electrons. The number of carbonyl (C=O) groups excluding carboxylic acids is 2. The third-order valence-electron chi connectivity index (χ3n) is 4.78. The fraction of sp³-hybridized carbons (Fsp3) is 0.471. The second-order valence-electron chi connectivity index (χ2n) is 7.04. The summed E-state index contributed by atoms with van der Waals surface area (Å²) >= 11 is 0. The Morgan fingerprint density at radius 1 is 1.14 bits per heavy atom. The van der Waals surface area contributed by atoms with E-state index in [1.54, 1.807) is 0 Å². The van der Waals surface area contributed by atoms with Crippen molar-refractivity contribution in [3.8, 4) is 0 Å². The van der Waals surface area contributed by atoms with Gasteiger partial charge in [0.1, 0.15) is 17.3 Å². The van der Waals surface area contributed by atoms with Crippen LogP contribution in [0.25, 0.3) is 0 Å². The highest BCUT2D eigenvalue weighted by Crippen LogP contribution is 2.31. The number of piperazine rings is 1. The maximum atomic E-state index is 13.6. The Balaban J connectivity index is 1.61. The van der Waals surface area contributed by atoms with E-state index in [1.807, 2.05) is 0 Å². The van der Waals surface area contributed by atoms with E-state index < -0.39 is 59.7 Å². The summed E-state index contributed by atoms with van der Waals surface area (Å²) in [6.07, 6.45) is -5.92. The van der Waals surface area contributed by atoms with Crippen molar-refractivity contribution >= 4 is 17.5 Å². The summed E-state index contributed by atoms with van der Waals surface area (Å²) in [5.74, 6) is -6.32. The largest absolute Gasteiger partial charge is 0.451 e. The first-order valence-corrected chi connectivity index (χ1v) is 8.53. The number of halogens is 6. The molecular formula is C17H16F6N4O2. The monoisotopic (exact) mass is 422 g/mol. The van der Waals surface area contributed by atoms with Gasteiger partial charge in [-0.05, 0) is 18.6 Å². The van der Waals surface area contributed by atoms with Crippen molar-refractivity contribution in [2.24, 2.45) is 5.10 Å². The normalized spacial score (nSPS) is 21.6. The predicted octanol–water partition coefficient (Wildman–Crippen LogP) is 1.95. The lowest BCUT2D eigenvalue weighted by molar-refractivity contribution is -0.139. The molecule has 1 aromatic carbocycles. The highest BCUT2D eigenvalue weighted by Gasteiger charge is 2.53. The van der Waals surface area contributed by atoms with E-state index in [-0.39, 0.29) is 25.2 Å². The summed E-state index contributed by atoms with van der Waals surface area (Å²) in [6, 6.07) is 0.856. The van der Waals surface area contributed by atoms with Gasteiger partial charge in [0, 0.05) is 25.6 Å². The van der Waals surface area contributed by atoms with Gasteiger partial charge in [-0.15, -0.1) is 0 Å². The molecule has 6 nitrogen and oxygen atoms in total. The van der Waals surface area contributed by atoms with Gasteiger partial charge in [-0.3, -0.25) is 15.0 Å². The Morgan fingerprint density at radius 3 is 2.45 bits per heavy atom. The Morgan fingerprint density at radius 2 is 1.79 bits per heavy atom. The molecule has 0 aromatic heterocycles. The summed E-state index contributed by atoms with van der Waals surface area (Å²) < 4.78 is 78.8. The van der Waals surface area contributed by atoms with Crippen LogP contribution < -0.4 is 5.43 Å². The molecule has 1 unspecified atom stereocenters. The molecule has 0 bridgehead atoms. The zero-order chi connectivity index (χ0) is 21.6. The molecule has 0 radical (unpaired) electrons. The first-order chi connectivity index (χ1) is 13.4. The number of nitrogens with zero attached hydrogens (tertiary/aromatic N) is 3. The quantitative estimate of drug-likeness (QED) is 0.458. The zero-order valence-corrected chi connectivity index (χ0v) is 15.1. The van der Waals surface area contributed by atoms with Crippen molar-refractivity contribution < 1.29 is 35.9 Å². The van der Waals surface area contributed by atoms with Crippen molar-refractivity contribution in [1.82, 2.24) is 15.2 Å². The smallest absolute Gasteiger partial charge is 0.336 e. The lowest BCUT2D eigenvalue weighted by Crippen LogP contribution is -2.66. The fourth-order valence-electron chi connectivity index (χ4n) is 3.36. The number of hydrogen-bond acceptors (Lipinski definition) is 5. The molecule has 1 atom stereocenters. The molecule has 0 saturated carbocycles. The molecule has 0 spiro atoms. The molecule has 29 heavy (non-hydrogen) atoms. The number of benzene rings is 1. The summed E-state index contributed by atoms with van der Waals surface area (Å²) in [7, 11) is 0. The highest BCUT2D eigenvalue weighted by molar-refractivity contribution is 5.99. The second kappa shape index (κ2) is 7.23. The number of Topliss-reactive ketones (excluding diaryl/α,β-unsaturated/α-hetero) is 1. The van der Waals surface area contributed by atoms with Crippen LogP contribution in [0.3, 0.4) is 0 Å². The number of alkyl halides is 3. The summed E-state index contributed by atoms with van der Waals surface area (Å²) in [5, 5.41) is 3.31. The van der Waals surface area contributed by atoms with E-state index in [2.05, 4.69) is 10.5 Å². The summed E-state index contributed by atoms with van der Waals surface area (Å²) in [4.78, 5) is 26.7. The SMILES string of the molecule is CC12CN(C(=O)CC(=O)Cc3cc(F)c(F)cc3F)CCN1C(C(F)(F)F)=NN2. The van der Waals surface area contributed by atoms with Crippen LogP contribution in [0.1, 0.15) is 18.9 Å². The van der Waals surface area contributed by atoms with Gasteiger partial charge in [0.2, 0.25) is 11.7 Å². The Hall–Kier alpha value is -2.79. The Bertz CT molecular complexity index is 887. The number of rotatable bonds is 4. The van der Waals surface area contributed by atoms with Crippen molar-refractivity contribution in [2.75, 3.05) is 19.6 Å². The molecule has 2 heterocycles. The molecule has 12 heteroatoms. The maximum Gasteiger partial charge on any atom is 0.451 e. The van der Waals surface area contributed by atoms with Crippen LogP contribution in [0, 0.1) is 17.5 Å². The number of amides is 1. The molecule has 1 N–H and O–H groups in total. The molecule has 1 fully saturated rings. The van der Waals surface area contributed by atoms with E-state index in [0.717, 1.165) is 4.90 Å². The van der Waals surface area contributed by atoms with E-state index in [0.29, 0.717) is 12.1 Å². The average molecular weight is 422 g/mol. The number of fused-ring (bicyclic) bond motifs is 1. The van der Waals surface area contributed by atoms with Crippen LogP contribution in [0.15, 0.2) is 17.2 Å². The van der Waals surface area contributed by atoms with Crippen molar-refractivity contribution in [3.05, 3.63) is 35.1 Å². The number of hydrogen-bond donors (Lipinski definition) is 1. The van der Waals surface area contributed by atoms with Gasteiger partial charge in [-0.1, -0.05) is 0 Å². The van der Waals surface area contributed by atoms with E-state index in [9.17, 15) is 35.9 Å². The molecular weight excluding hydrogens is 406 g/mol. The zero-order valence-electron chi connectivity index (χ0n) is 15.1. The van der Waals surface area contributed by atoms with Gasteiger partial charge in [-0.2, -0.15) is 18.3 Å². The van der Waals surface area contributed by atoms with Gasteiger partial charge in [-0.25, -0.2) is 13.2 Å². The molecule has 2 aliphatic rings. The number of carbonyl (C=O) groups is 2. The Kier molecular flexibility index (Phi) is 5.22. The molecule has 1 amide bonds. The van der Waals surface area contributed by atoms with E-state index in [4.69, 9.17) is 0 Å². The molecule has 2 aliphatic heterocycles. The number of nitrogens with one attached hydrogen (secondary N) is 1. The van der Waals surface area contributed by atoms with Crippen LogP contribution in [0.2, 0.25) is 0 Å². The minimum Gasteiger partial charge on any atom is -0.336 e. The predicted molar refractivity (Wildman–Crippen MR) is 88.0 cm³/mol. The van der Waals surface area contributed by atoms with Gasteiger partial charge >= 0.3 is 6.18 Å². The lowest BCUT2D eigenvalue weighted by Gasteiger charge is -2.45. The van der Waals surface area contributed by atoms with Crippen LogP contribution in [-0.4, -0.2) is 58.8 Å². The molecule has 0 aliphatic carbocycles. The van der Waals surface area contributed by atoms with Crippen molar-refractivity contribution in [2.45, 2.75) is 31.6 Å². The van der Waals surface area contributed by atoms with E-state index in [1.165, 1.54) is 11.8 Å². The van der Waals surface area contributed by atoms with Crippen LogP contribution in [-0.2, 0) is 16.0 Å². The van der Waals surface area contributed by atoms with E-state index >= 15 is 0 Å². The van der Waals surface area contributed by atoms with Gasteiger partial charge in [0.15, 0.2) is 11.6 Å². The van der Waals surface area contributed by atoms with Crippen LogP contribution in [0.5, 0.6) is 0 Å². The highest BCUT2D eigenvalue weighted by atomic mass is 19.4. The minimum atomic E-state index is -4.65. The van der Waals surface area contributed by atoms with Gasteiger partial charge in [0.25, 0.3) is 0 Å². The number of hydrazone groups is 1. The third-order valence-corrected chi connectivity index (χ3v) is 4.78. The first kappa shape index (κ1) is 20.9. The van der Waals surface area contributed by atoms with Crippen LogP contribution >= 0.6 is 0 Å². The first-order valence-electron chi connectivity index (χ1n) is 8.53. The second-order valence-corrected chi connectivity index (χ2v) is 7.04. The van der Waals surface area contributed by atoms with Crippen molar-refractivity contribution in [3.63, 3.8) is 0 Å². The maximum absolute atomic E-state index is 13.6. The summed E-state index contributed by atoms with van der Waals surface area (Å²) in [6.45, 7) is 1.05. The van der Waals surface area contributed by atoms with Crippen LogP contribution in [0.4, 0.5) is 26.3 Å². The molecule has 1 saturated heterocycles. The number of ketones is 1. The molecule has 1 aromatic rings. The number of amidine groups is 1. The van der Waals surface area contributed by atoms with Crippen molar-refractivity contribution in [1.29, 1.82) is 0 Å². The lowest BCUT2D eigenvalue weighted by atomic mass is 10.0. The topological polar surface area (TPSA) is 65.0 Å². The minimum absolute atomic E-state index is 0.0714. The third kappa shape index (κ3) is 4.15. The average Bonchev–Trinajstić information content (AvgIpc) is 2.96. The molecule has 3 rings (SSSR count). The van der Waals surface area contributed by atoms with Gasteiger partial charge in [0.05, 0.1) is 13.0 Å². The fourth-order valence-corrected chi connectivity index (χ4v) is 3.36. The summed E-state index contributed by atoms with van der Waals surface area (Å²) in [5.41, 5.74) is 0.703. The standard InChI is InChI=1S/C17H16F6N4O2/c1-16-8-26(2-3-27(16)15(24-25-16)17(21,22)23)14(29)6-10(28)4-9-5-12(19)13(20)7-11(9)18/h5,7,25H,2-4,6,8H2,1H3.